The van der Waals surface area contributed by atoms with E-state index in [9.17, 15) is 13.2 Å². The minimum atomic E-state index is -3.90. The zero-order chi connectivity index (χ0) is 21.5. The van der Waals surface area contributed by atoms with Crippen molar-refractivity contribution in [3.63, 3.8) is 0 Å². The summed E-state index contributed by atoms with van der Waals surface area (Å²) < 4.78 is 28.9. The maximum Gasteiger partial charge on any atom is 0.250 e. The molecule has 1 aliphatic heterocycles. The summed E-state index contributed by atoms with van der Waals surface area (Å²) in [5.74, 6) is -0.331. The van der Waals surface area contributed by atoms with E-state index in [2.05, 4.69) is 9.71 Å². The third-order valence-electron chi connectivity index (χ3n) is 4.81. The molecule has 3 N–H and O–H groups in total. The number of thiophene rings is 1. The quantitative estimate of drug-likeness (QED) is 0.443. The van der Waals surface area contributed by atoms with Gasteiger partial charge in [-0.3, -0.25) is 4.79 Å². The summed E-state index contributed by atoms with van der Waals surface area (Å²) >= 11 is 6.93. The Hall–Kier alpha value is -2.71. The van der Waals surface area contributed by atoms with E-state index in [0.717, 1.165) is 11.3 Å². The number of nitriles is 1. The lowest BCUT2D eigenvalue weighted by atomic mass is 10.1. The maximum absolute atomic E-state index is 12.8. The normalized spacial score (nSPS) is 16.9. The van der Waals surface area contributed by atoms with Crippen LogP contribution in [0.4, 0.5) is 5.69 Å². The van der Waals surface area contributed by atoms with Crippen LogP contribution in [0.3, 0.4) is 0 Å². The fraction of sp³-hybridized carbons (Fsp3) is 0.211. The van der Waals surface area contributed by atoms with Gasteiger partial charge in [0.25, 0.3) is 10.0 Å². The molecule has 1 saturated heterocycles. The Bertz CT molecular complexity index is 1300. The largest absolute Gasteiger partial charge is 0.398 e. The molecule has 1 fully saturated rings. The van der Waals surface area contributed by atoms with Crippen molar-refractivity contribution in [3.8, 4) is 6.07 Å². The standard InChI is InChI=1S/C19H16ClN5O3S2/c20-17-4-3-16-15(23-17)8-18(29-16)30(27,28)24-14-5-6-25(19(14)26)10-12-7-11(9-21)1-2-13(12)22/h1-4,7-8,14,24H,5-6,10,22H2/t14-/m0/s1. The maximum atomic E-state index is 12.8. The van der Waals surface area contributed by atoms with E-state index in [0.29, 0.717) is 40.0 Å². The zero-order valence-electron chi connectivity index (χ0n) is 15.5. The number of halogens is 1. The van der Waals surface area contributed by atoms with E-state index in [1.807, 2.05) is 6.07 Å². The van der Waals surface area contributed by atoms with Gasteiger partial charge in [-0.1, -0.05) is 11.6 Å². The number of hydrogen-bond donors (Lipinski definition) is 2. The number of likely N-dealkylation sites (tertiary alicyclic amines) is 1. The van der Waals surface area contributed by atoms with Crippen molar-refractivity contribution >= 4 is 54.8 Å². The Morgan fingerprint density at radius 3 is 2.90 bits per heavy atom. The van der Waals surface area contributed by atoms with Crippen LogP contribution in [0.5, 0.6) is 0 Å². The van der Waals surface area contributed by atoms with Gasteiger partial charge in [0, 0.05) is 18.8 Å². The molecule has 3 aromatic rings. The fourth-order valence-electron chi connectivity index (χ4n) is 3.28. The first-order valence-electron chi connectivity index (χ1n) is 8.92. The minimum absolute atomic E-state index is 0.0736. The van der Waals surface area contributed by atoms with Crippen LogP contribution in [0.15, 0.2) is 40.6 Å². The predicted octanol–water partition coefficient (Wildman–Crippen LogP) is 2.48. The van der Waals surface area contributed by atoms with Gasteiger partial charge >= 0.3 is 0 Å². The average Bonchev–Trinajstić information content (AvgIpc) is 3.28. The van der Waals surface area contributed by atoms with Gasteiger partial charge in [0.2, 0.25) is 5.91 Å². The number of nitrogen functional groups attached to an aromatic ring is 1. The Balaban J connectivity index is 1.50. The molecule has 3 heterocycles. The molecule has 1 amide bonds. The number of hydrogen-bond acceptors (Lipinski definition) is 7. The molecule has 154 valence electrons. The number of aromatic nitrogens is 1. The number of nitrogens with two attached hydrogens (primary N) is 1. The van der Waals surface area contributed by atoms with Crippen molar-refractivity contribution in [1.29, 1.82) is 5.26 Å². The number of benzene rings is 1. The molecule has 30 heavy (non-hydrogen) atoms. The molecule has 2 aromatic heterocycles. The lowest BCUT2D eigenvalue weighted by molar-refractivity contribution is -0.129. The first kappa shape index (κ1) is 20.6. The summed E-state index contributed by atoms with van der Waals surface area (Å²) in [6.07, 6.45) is 0.338. The topological polar surface area (TPSA) is 129 Å². The van der Waals surface area contributed by atoms with Crippen LogP contribution in [-0.4, -0.2) is 36.8 Å². The van der Waals surface area contributed by atoms with Gasteiger partial charge in [-0.2, -0.15) is 9.98 Å². The van der Waals surface area contributed by atoms with Crippen molar-refractivity contribution in [2.24, 2.45) is 0 Å². The Morgan fingerprint density at radius 1 is 1.33 bits per heavy atom. The average molecular weight is 462 g/mol. The van der Waals surface area contributed by atoms with Crippen LogP contribution in [-0.2, 0) is 21.4 Å². The van der Waals surface area contributed by atoms with Crippen LogP contribution in [0, 0.1) is 11.3 Å². The molecule has 0 radical (unpaired) electrons. The molecular weight excluding hydrogens is 446 g/mol. The molecule has 0 bridgehead atoms. The minimum Gasteiger partial charge on any atom is -0.398 e. The van der Waals surface area contributed by atoms with Crippen molar-refractivity contribution in [2.75, 3.05) is 12.3 Å². The summed E-state index contributed by atoms with van der Waals surface area (Å²) in [6.45, 7) is 0.593. The second kappa shape index (κ2) is 7.85. The third-order valence-corrected chi connectivity index (χ3v) is 8.06. The van der Waals surface area contributed by atoms with Gasteiger partial charge in [-0.25, -0.2) is 13.4 Å². The van der Waals surface area contributed by atoms with E-state index in [4.69, 9.17) is 22.6 Å². The van der Waals surface area contributed by atoms with Crippen LogP contribution in [0.2, 0.25) is 5.15 Å². The fourth-order valence-corrected chi connectivity index (χ4v) is 5.99. The Kier molecular flexibility index (Phi) is 5.38. The molecule has 1 atom stereocenters. The number of rotatable bonds is 5. The van der Waals surface area contributed by atoms with Crippen molar-refractivity contribution < 1.29 is 13.2 Å². The highest BCUT2D eigenvalue weighted by Gasteiger charge is 2.35. The van der Waals surface area contributed by atoms with Crippen LogP contribution in [0.1, 0.15) is 17.5 Å². The highest BCUT2D eigenvalue weighted by atomic mass is 35.5. The number of amides is 1. The Labute approximate surface area is 181 Å². The van der Waals surface area contributed by atoms with E-state index in [-0.39, 0.29) is 21.8 Å². The van der Waals surface area contributed by atoms with Crippen LogP contribution in [0.25, 0.3) is 10.2 Å². The first-order chi connectivity index (χ1) is 14.3. The smallest absolute Gasteiger partial charge is 0.250 e. The monoisotopic (exact) mass is 461 g/mol. The number of fused-ring (bicyclic) bond motifs is 1. The summed E-state index contributed by atoms with van der Waals surface area (Å²) in [4.78, 5) is 18.4. The lowest BCUT2D eigenvalue weighted by Crippen LogP contribution is -2.41. The zero-order valence-corrected chi connectivity index (χ0v) is 17.9. The van der Waals surface area contributed by atoms with Gasteiger partial charge < -0.3 is 10.6 Å². The summed E-state index contributed by atoms with van der Waals surface area (Å²) in [7, 11) is -3.90. The highest BCUT2D eigenvalue weighted by Crippen LogP contribution is 2.29. The molecule has 0 saturated carbocycles. The molecule has 0 aliphatic carbocycles. The van der Waals surface area contributed by atoms with Crippen molar-refractivity contribution in [3.05, 3.63) is 52.7 Å². The lowest BCUT2D eigenvalue weighted by Gasteiger charge is -2.18. The molecular formula is C19H16ClN5O3S2. The number of nitrogens with one attached hydrogen (secondary N) is 1. The van der Waals surface area contributed by atoms with Gasteiger partial charge in [0.1, 0.15) is 15.4 Å². The van der Waals surface area contributed by atoms with E-state index < -0.39 is 16.1 Å². The van der Waals surface area contributed by atoms with Crippen LogP contribution < -0.4 is 10.5 Å². The molecule has 0 spiro atoms. The molecule has 11 heteroatoms. The third kappa shape index (κ3) is 3.97. The highest BCUT2D eigenvalue weighted by molar-refractivity contribution is 7.91. The predicted molar refractivity (Wildman–Crippen MR) is 114 cm³/mol. The van der Waals surface area contributed by atoms with Gasteiger partial charge in [0.05, 0.1) is 21.8 Å². The van der Waals surface area contributed by atoms with E-state index in [1.165, 1.54) is 11.0 Å². The van der Waals surface area contributed by atoms with E-state index >= 15 is 0 Å². The van der Waals surface area contributed by atoms with Gasteiger partial charge in [-0.05, 0) is 48.4 Å². The molecule has 1 aromatic carbocycles. The molecule has 1 aliphatic rings. The second-order valence-corrected chi connectivity index (χ2v) is 10.2. The van der Waals surface area contributed by atoms with E-state index in [1.54, 1.807) is 30.3 Å². The van der Waals surface area contributed by atoms with Gasteiger partial charge in [-0.15, -0.1) is 11.3 Å². The number of nitrogens with zero attached hydrogens (tertiary/aromatic N) is 3. The SMILES string of the molecule is N#Cc1ccc(N)c(CN2CC[C@H](NS(=O)(=O)c3cc4nc(Cl)ccc4s3)C2=O)c1. The number of sulfonamides is 1. The second-order valence-electron chi connectivity index (χ2n) is 6.83. The summed E-state index contributed by atoms with van der Waals surface area (Å²) in [6, 6.07) is 10.8. The van der Waals surface area contributed by atoms with Gasteiger partial charge in [0.15, 0.2) is 0 Å². The number of carbonyl (C=O) groups excluding carboxylic acids is 1. The van der Waals surface area contributed by atoms with Crippen molar-refractivity contribution in [2.45, 2.75) is 23.2 Å². The number of pyridine rings is 1. The van der Waals surface area contributed by atoms with Crippen LogP contribution >= 0.6 is 22.9 Å². The molecule has 4 rings (SSSR count). The Morgan fingerprint density at radius 2 is 2.13 bits per heavy atom. The number of carbonyl (C=O) groups is 1. The summed E-state index contributed by atoms with van der Waals surface area (Å²) in [5.41, 5.74) is 8.01. The van der Waals surface area contributed by atoms with Crippen molar-refractivity contribution in [1.82, 2.24) is 14.6 Å². The first-order valence-corrected chi connectivity index (χ1v) is 11.6. The summed E-state index contributed by atoms with van der Waals surface area (Å²) in [5, 5.41) is 9.33. The molecule has 0 unspecified atom stereocenters. The molecule has 8 nitrogen and oxygen atoms in total. The number of anilines is 1.